The molecule has 1 saturated carbocycles. The van der Waals surface area contributed by atoms with Crippen LogP contribution in [0.25, 0.3) is 0 Å². The fourth-order valence-electron chi connectivity index (χ4n) is 3.80. The number of carbonyl (C=O) groups excluding carboxylic acids is 2. The Balaban J connectivity index is 1.43. The van der Waals surface area contributed by atoms with Crippen molar-refractivity contribution in [1.29, 1.82) is 0 Å². The Morgan fingerprint density at radius 3 is 1.96 bits per heavy atom. The molecular formula is C23H26O2. The third kappa shape index (κ3) is 4.88. The van der Waals surface area contributed by atoms with Gasteiger partial charge in [0.25, 0.3) is 0 Å². The molecule has 0 radical (unpaired) electrons. The number of carbonyl (C=O) groups is 2. The smallest absolute Gasteiger partial charge is 0.143 e. The Kier molecular flexibility index (Phi) is 6.16. The monoisotopic (exact) mass is 334 g/mol. The second kappa shape index (κ2) is 8.75. The van der Waals surface area contributed by atoms with E-state index in [2.05, 4.69) is 24.3 Å². The summed E-state index contributed by atoms with van der Waals surface area (Å²) in [5.41, 5.74) is 2.48. The zero-order chi connectivity index (χ0) is 17.5. The molecule has 0 spiro atoms. The summed E-state index contributed by atoms with van der Waals surface area (Å²) in [5, 5.41) is 0. The second-order valence-electron chi connectivity index (χ2n) is 7.09. The van der Waals surface area contributed by atoms with E-state index < -0.39 is 0 Å². The molecule has 1 fully saturated rings. The molecule has 0 saturated heterocycles. The molecule has 1 aliphatic rings. The van der Waals surface area contributed by atoms with Crippen LogP contribution < -0.4 is 0 Å². The van der Waals surface area contributed by atoms with E-state index >= 15 is 0 Å². The first-order valence-electron chi connectivity index (χ1n) is 9.38. The quantitative estimate of drug-likeness (QED) is 0.520. The summed E-state index contributed by atoms with van der Waals surface area (Å²) in [6.45, 7) is 0. The second-order valence-corrected chi connectivity index (χ2v) is 7.09. The Labute approximate surface area is 150 Å². The molecule has 3 rings (SSSR count). The molecule has 0 bridgehead atoms. The molecule has 2 aromatic carbocycles. The van der Waals surface area contributed by atoms with Gasteiger partial charge in [0.15, 0.2) is 0 Å². The predicted molar refractivity (Wildman–Crippen MR) is 101 cm³/mol. The lowest BCUT2D eigenvalue weighted by Gasteiger charge is -2.26. The van der Waals surface area contributed by atoms with Crippen molar-refractivity contribution >= 4 is 11.6 Å². The molecule has 25 heavy (non-hydrogen) atoms. The average molecular weight is 334 g/mol. The minimum Gasteiger partial charge on any atom is -0.299 e. The van der Waals surface area contributed by atoms with Crippen molar-refractivity contribution in [2.45, 2.75) is 50.9 Å². The Hall–Kier alpha value is -2.22. The summed E-state index contributed by atoms with van der Waals surface area (Å²) in [6, 6.07) is 20.4. The van der Waals surface area contributed by atoms with Gasteiger partial charge in [0.2, 0.25) is 0 Å². The molecule has 2 heteroatoms. The van der Waals surface area contributed by atoms with Crippen LogP contribution in [0.15, 0.2) is 60.7 Å². The minimum atomic E-state index is -0.350. The van der Waals surface area contributed by atoms with E-state index in [4.69, 9.17) is 0 Å². The number of unbranched alkanes of at least 4 members (excludes halogenated alkanes) is 2. The largest absolute Gasteiger partial charge is 0.299 e. The van der Waals surface area contributed by atoms with Gasteiger partial charge in [0.05, 0.1) is 5.92 Å². The maximum absolute atomic E-state index is 12.5. The van der Waals surface area contributed by atoms with E-state index in [1.54, 1.807) is 0 Å². The minimum absolute atomic E-state index is 0.0792. The highest BCUT2D eigenvalue weighted by atomic mass is 16.2. The number of hydrogen-bond donors (Lipinski definition) is 0. The third-order valence-corrected chi connectivity index (χ3v) is 5.24. The zero-order valence-corrected chi connectivity index (χ0v) is 14.7. The standard InChI is InChI=1S/C23H26O2/c24-22-16-20(19-13-7-3-8-14-19)17-23(25)21(22)15-9-2-6-12-18-10-4-1-5-11-18/h1,3-5,7-8,10-11,13-14,20-21H,2,6,9,12,15-17H2. The van der Waals surface area contributed by atoms with E-state index in [1.807, 2.05) is 36.4 Å². The van der Waals surface area contributed by atoms with E-state index in [0.717, 1.165) is 37.7 Å². The van der Waals surface area contributed by atoms with Gasteiger partial charge in [0.1, 0.15) is 11.6 Å². The van der Waals surface area contributed by atoms with Gasteiger partial charge in [-0.1, -0.05) is 73.5 Å². The fraction of sp³-hybridized carbons (Fsp3) is 0.391. The average Bonchev–Trinajstić information content (AvgIpc) is 2.65. The third-order valence-electron chi connectivity index (χ3n) is 5.24. The number of Topliss-reactive ketones (excluding diaryl/α,β-unsaturated/α-hetero) is 2. The van der Waals surface area contributed by atoms with Crippen molar-refractivity contribution in [3.63, 3.8) is 0 Å². The first-order valence-corrected chi connectivity index (χ1v) is 9.38. The molecular weight excluding hydrogens is 308 g/mol. The van der Waals surface area contributed by atoms with Gasteiger partial charge in [-0.05, 0) is 36.3 Å². The zero-order valence-electron chi connectivity index (χ0n) is 14.7. The van der Waals surface area contributed by atoms with Crippen LogP contribution in [0.1, 0.15) is 55.6 Å². The lowest BCUT2D eigenvalue weighted by molar-refractivity contribution is -0.136. The highest BCUT2D eigenvalue weighted by molar-refractivity contribution is 6.05. The van der Waals surface area contributed by atoms with Crippen LogP contribution in [0, 0.1) is 5.92 Å². The lowest BCUT2D eigenvalue weighted by atomic mass is 9.75. The number of rotatable bonds is 7. The normalized spacial score (nSPS) is 20.6. The first kappa shape index (κ1) is 17.6. The van der Waals surface area contributed by atoms with Crippen molar-refractivity contribution in [2.24, 2.45) is 5.92 Å². The molecule has 0 amide bonds. The maximum Gasteiger partial charge on any atom is 0.143 e. The summed E-state index contributed by atoms with van der Waals surface area (Å²) in [5.74, 6) is 0.0218. The summed E-state index contributed by atoms with van der Waals surface area (Å²) < 4.78 is 0. The number of hydrogen-bond acceptors (Lipinski definition) is 2. The van der Waals surface area contributed by atoms with Gasteiger partial charge in [-0.2, -0.15) is 0 Å². The molecule has 2 aromatic rings. The Bertz CT molecular complexity index is 673. The lowest BCUT2D eigenvalue weighted by Crippen LogP contribution is -2.32. The molecule has 0 atom stereocenters. The fourth-order valence-corrected chi connectivity index (χ4v) is 3.80. The van der Waals surface area contributed by atoms with Crippen LogP contribution in [0.4, 0.5) is 0 Å². The Morgan fingerprint density at radius 2 is 1.32 bits per heavy atom. The van der Waals surface area contributed by atoms with Crippen LogP contribution in [-0.2, 0) is 16.0 Å². The molecule has 1 aliphatic carbocycles. The van der Waals surface area contributed by atoms with Gasteiger partial charge in [-0.15, -0.1) is 0 Å². The number of ketones is 2. The number of aryl methyl sites for hydroxylation is 1. The molecule has 0 N–H and O–H groups in total. The predicted octanol–water partition coefficient (Wildman–Crippen LogP) is 5.12. The van der Waals surface area contributed by atoms with Crippen molar-refractivity contribution in [3.8, 4) is 0 Å². The van der Waals surface area contributed by atoms with E-state index in [0.29, 0.717) is 12.8 Å². The highest BCUT2D eigenvalue weighted by Gasteiger charge is 2.35. The summed E-state index contributed by atoms with van der Waals surface area (Å²) >= 11 is 0. The van der Waals surface area contributed by atoms with Crippen molar-refractivity contribution in [1.82, 2.24) is 0 Å². The van der Waals surface area contributed by atoms with Crippen LogP contribution in [0.2, 0.25) is 0 Å². The molecule has 2 nitrogen and oxygen atoms in total. The van der Waals surface area contributed by atoms with E-state index in [1.165, 1.54) is 5.56 Å². The molecule has 130 valence electrons. The van der Waals surface area contributed by atoms with E-state index in [9.17, 15) is 9.59 Å². The van der Waals surface area contributed by atoms with Crippen LogP contribution in [0.3, 0.4) is 0 Å². The van der Waals surface area contributed by atoms with Gasteiger partial charge in [0, 0.05) is 12.8 Å². The van der Waals surface area contributed by atoms with Crippen molar-refractivity contribution < 1.29 is 9.59 Å². The molecule has 0 aliphatic heterocycles. The van der Waals surface area contributed by atoms with Gasteiger partial charge in [-0.25, -0.2) is 0 Å². The molecule has 0 unspecified atom stereocenters. The first-order chi connectivity index (χ1) is 12.2. The van der Waals surface area contributed by atoms with Gasteiger partial charge >= 0.3 is 0 Å². The van der Waals surface area contributed by atoms with E-state index in [-0.39, 0.29) is 23.4 Å². The van der Waals surface area contributed by atoms with Crippen molar-refractivity contribution in [2.75, 3.05) is 0 Å². The van der Waals surface area contributed by atoms with Gasteiger partial charge < -0.3 is 0 Å². The summed E-state index contributed by atoms with van der Waals surface area (Å²) in [6.07, 6.45) is 6.00. The topological polar surface area (TPSA) is 34.1 Å². The highest BCUT2D eigenvalue weighted by Crippen LogP contribution is 2.33. The van der Waals surface area contributed by atoms with Crippen LogP contribution >= 0.6 is 0 Å². The summed E-state index contributed by atoms with van der Waals surface area (Å²) in [7, 11) is 0. The van der Waals surface area contributed by atoms with Crippen molar-refractivity contribution in [3.05, 3.63) is 71.8 Å². The summed E-state index contributed by atoms with van der Waals surface area (Å²) in [4.78, 5) is 24.9. The SMILES string of the molecule is O=C1CC(c2ccccc2)CC(=O)C1CCCCCc1ccccc1. The Morgan fingerprint density at radius 1 is 0.720 bits per heavy atom. The van der Waals surface area contributed by atoms with Crippen LogP contribution in [-0.4, -0.2) is 11.6 Å². The molecule has 0 aromatic heterocycles. The molecule has 0 heterocycles. The number of benzene rings is 2. The maximum atomic E-state index is 12.5. The van der Waals surface area contributed by atoms with Crippen LogP contribution in [0.5, 0.6) is 0 Å². The van der Waals surface area contributed by atoms with Gasteiger partial charge in [-0.3, -0.25) is 9.59 Å².